The van der Waals surface area contributed by atoms with Gasteiger partial charge in [-0.25, -0.2) is 8.78 Å². The molecule has 1 aliphatic heterocycles. The van der Waals surface area contributed by atoms with Gasteiger partial charge in [0.1, 0.15) is 11.6 Å². The molecule has 2 unspecified atom stereocenters. The van der Waals surface area contributed by atoms with Crippen molar-refractivity contribution in [2.75, 3.05) is 5.32 Å². The molecule has 0 bridgehead atoms. The van der Waals surface area contributed by atoms with E-state index in [1.807, 2.05) is 13.8 Å². The van der Waals surface area contributed by atoms with Gasteiger partial charge >= 0.3 is 0 Å². The zero-order chi connectivity index (χ0) is 12.4. The van der Waals surface area contributed by atoms with E-state index >= 15 is 0 Å². The SMILES string of the molecule is CC1CC(Nc2cc(F)cc(F)c2)CC(C)O1. The van der Waals surface area contributed by atoms with E-state index in [4.69, 9.17) is 4.74 Å². The van der Waals surface area contributed by atoms with E-state index in [1.165, 1.54) is 12.1 Å². The van der Waals surface area contributed by atoms with E-state index in [9.17, 15) is 8.78 Å². The maximum atomic E-state index is 13.0. The summed E-state index contributed by atoms with van der Waals surface area (Å²) in [6.45, 7) is 4.02. The van der Waals surface area contributed by atoms with Gasteiger partial charge in [0, 0.05) is 17.8 Å². The van der Waals surface area contributed by atoms with Crippen molar-refractivity contribution in [2.45, 2.75) is 44.9 Å². The van der Waals surface area contributed by atoms with Crippen molar-refractivity contribution in [1.29, 1.82) is 0 Å². The first-order chi connectivity index (χ1) is 8.02. The van der Waals surface area contributed by atoms with E-state index in [0.717, 1.165) is 18.9 Å². The Hall–Kier alpha value is -1.16. The molecule has 1 aromatic rings. The molecule has 1 aromatic carbocycles. The molecule has 17 heavy (non-hydrogen) atoms. The van der Waals surface area contributed by atoms with E-state index in [1.54, 1.807) is 0 Å². The van der Waals surface area contributed by atoms with Crippen molar-refractivity contribution >= 4 is 5.69 Å². The summed E-state index contributed by atoms with van der Waals surface area (Å²) >= 11 is 0. The smallest absolute Gasteiger partial charge is 0.128 e. The summed E-state index contributed by atoms with van der Waals surface area (Å²) in [6.07, 6.45) is 2.05. The molecule has 4 heteroatoms. The van der Waals surface area contributed by atoms with Gasteiger partial charge in [-0.2, -0.15) is 0 Å². The van der Waals surface area contributed by atoms with E-state index in [0.29, 0.717) is 5.69 Å². The number of halogens is 2. The van der Waals surface area contributed by atoms with Gasteiger partial charge in [-0.15, -0.1) is 0 Å². The van der Waals surface area contributed by atoms with Crippen LogP contribution in [0.1, 0.15) is 26.7 Å². The molecule has 0 aromatic heterocycles. The molecular formula is C13H17F2NO. The quantitative estimate of drug-likeness (QED) is 0.857. The second kappa shape index (κ2) is 5.00. The summed E-state index contributed by atoms with van der Waals surface area (Å²) in [5.41, 5.74) is 0.494. The van der Waals surface area contributed by atoms with Crippen molar-refractivity contribution in [3.8, 4) is 0 Å². The fourth-order valence-corrected chi connectivity index (χ4v) is 2.40. The van der Waals surface area contributed by atoms with Crippen LogP contribution in [-0.2, 0) is 4.74 Å². The first-order valence-electron chi connectivity index (χ1n) is 5.91. The minimum Gasteiger partial charge on any atom is -0.382 e. The highest BCUT2D eigenvalue weighted by atomic mass is 19.1. The van der Waals surface area contributed by atoms with E-state index in [-0.39, 0.29) is 18.2 Å². The number of hydrogen-bond acceptors (Lipinski definition) is 2. The number of benzene rings is 1. The molecule has 0 spiro atoms. The Balaban J connectivity index is 2.04. The summed E-state index contributed by atoms with van der Waals surface area (Å²) in [5.74, 6) is -1.11. The Morgan fingerprint density at radius 2 is 1.59 bits per heavy atom. The van der Waals surface area contributed by atoms with Gasteiger partial charge in [0.2, 0.25) is 0 Å². The van der Waals surface area contributed by atoms with E-state index < -0.39 is 11.6 Å². The lowest BCUT2D eigenvalue weighted by molar-refractivity contribution is -0.0337. The average Bonchev–Trinajstić information content (AvgIpc) is 2.13. The number of anilines is 1. The van der Waals surface area contributed by atoms with Gasteiger partial charge in [0.05, 0.1) is 12.2 Å². The molecule has 94 valence electrons. The van der Waals surface area contributed by atoms with Crippen molar-refractivity contribution in [2.24, 2.45) is 0 Å². The zero-order valence-corrected chi connectivity index (χ0v) is 10.0. The third kappa shape index (κ3) is 3.40. The summed E-state index contributed by atoms with van der Waals surface area (Å²) in [6, 6.07) is 3.71. The fourth-order valence-electron chi connectivity index (χ4n) is 2.40. The van der Waals surface area contributed by atoms with Crippen LogP contribution in [0.5, 0.6) is 0 Å². The van der Waals surface area contributed by atoms with Gasteiger partial charge in [-0.1, -0.05) is 0 Å². The zero-order valence-electron chi connectivity index (χ0n) is 10.0. The van der Waals surface area contributed by atoms with Crippen molar-refractivity contribution in [3.63, 3.8) is 0 Å². The number of rotatable bonds is 2. The summed E-state index contributed by atoms with van der Waals surface area (Å²) in [5, 5.41) is 3.16. The molecule has 0 radical (unpaired) electrons. The Labute approximate surface area is 100.0 Å². The Bertz CT molecular complexity index is 367. The van der Waals surface area contributed by atoms with Crippen LogP contribution in [0, 0.1) is 11.6 Å². The first-order valence-corrected chi connectivity index (χ1v) is 5.91. The summed E-state index contributed by atoms with van der Waals surface area (Å²) in [7, 11) is 0. The number of hydrogen-bond donors (Lipinski definition) is 1. The van der Waals surface area contributed by atoms with Crippen LogP contribution >= 0.6 is 0 Å². The van der Waals surface area contributed by atoms with Crippen LogP contribution in [-0.4, -0.2) is 18.2 Å². The van der Waals surface area contributed by atoms with Crippen LogP contribution in [0.25, 0.3) is 0 Å². The molecule has 0 amide bonds. The van der Waals surface area contributed by atoms with Crippen molar-refractivity contribution in [1.82, 2.24) is 0 Å². The molecule has 2 rings (SSSR count). The fraction of sp³-hybridized carbons (Fsp3) is 0.538. The van der Waals surface area contributed by atoms with Crippen LogP contribution in [0.15, 0.2) is 18.2 Å². The Morgan fingerprint density at radius 1 is 1.06 bits per heavy atom. The molecule has 0 saturated carbocycles. The molecule has 0 aliphatic carbocycles. The van der Waals surface area contributed by atoms with Crippen LogP contribution in [0.3, 0.4) is 0 Å². The third-order valence-corrected chi connectivity index (χ3v) is 2.93. The Kier molecular flexibility index (Phi) is 3.62. The van der Waals surface area contributed by atoms with Crippen molar-refractivity contribution < 1.29 is 13.5 Å². The molecule has 1 heterocycles. The van der Waals surface area contributed by atoms with Crippen molar-refractivity contribution in [3.05, 3.63) is 29.8 Å². The standard InChI is InChI=1S/C13H17F2NO/c1-8-3-12(4-9(2)17-8)16-13-6-10(14)5-11(15)7-13/h5-9,12,16H,3-4H2,1-2H3. The lowest BCUT2D eigenvalue weighted by Crippen LogP contribution is -2.36. The highest BCUT2D eigenvalue weighted by molar-refractivity contribution is 5.44. The predicted molar refractivity (Wildman–Crippen MR) is 63.0 cm³/mol. The normalized spacial score (nSPS) is 29.1. The third-order valence-electron chi connectivity index (χ3n) is 2.93. The van der Waals surface area contributed by atoms with Gasteiger partial charge in [0.25, 0.3) is 0 Å². The van der Waals surface area contributed by atoms with Gasteiger partial charge < -0.3 is 10.1 Å². The highest BCUT2D eigenvalue weighted by Gasteiger charge is 2.24. The lowest BCUT2D eigenvalue weighted by Gasteiger charge is -2.33. The van der Waals surface area contributed by atoms with E-state index in [2.05, 4.69) is 5.32 Å². The minimum atomic E-state index is -0.555. The second-order valence-electron chi connectivity index (χ2n) is 4.73. The number of nitrogens with one attached hydrogen (secondary N) is 1. The predicted octanol–water partition coefficient (Wildman–Crippen LogP) is 3.33. The average molecular weight is 241 g/mol. The molecule has 1 fully saturated rings. The first kappa shape index (κ1) is 12.3. The molecule has 1 aliphatic rings. The lowest BCUT2D eigenvalue weighted by atomic mass is 9.99. The second-order valence-corrected chi connectivity index (χ2v) is 4.73. The number of ether oxygens (including phenoxy) is 1. The van der Waals surface area contributed by atoms with Crippen LogP contribution < -0.4 is 5.32 Å². The largest absolute Gasteiger partial charge is 0.382 e. The van der Waals surface area contributed by atoms with Crippen LogP contribution in [0.4, 0.5) is 14.5 Å². The molecule has 2 nitrogen and oxygen atoms in total. The Morgan fingerprint density at radius 3 is 2.12 bits per heavy atom. The molecule has 2 atom stereocenters. The molecule has 1 N–H and O–H groups in total. The summed E-state index contributed by atoms with van der Waals surface area (Å²) in [4.78, 5) is 0. The van der Waals surface area contributed by atoms with Crippen LogP contribution in [0.2, 0.25) is 0 Å². The molecule has 1 saturated heterocycles. The monoisotopic (exact) mass is 241 g/mol. The minimum absolute atomic E-state index is 0.176. The van der Waals surface area contributed by atoms with Gasteiger partial charge in [0.15, 0.2) is 0 Å². The van der Waals surface area contributed by atoms with Gasteiger partial charge in [-0.05, 0) is 38.8 Å². The topological polar surface area (TPSA) is 21.3 Å². The summed E-state index contributed by atoms with van der Waals surface area (Å²) < 4.78 is 31.7. The molecular weight excluding hydrogens is 224 g/mol. The van der Waals surface area contributed by atoms with Gasteiger partial charge in [-0.3, -0.25) is 0 Å². The maximum absolute atomic E-state index is 13.0. The highest BCUT2D eigenvalue weighted by Crippen LogP contribution is 2.23. The maximum Gasteiger partial charge on any atom is 0.128 e.